The molecule has 0 aliphatic rings. The van der Waals surface area contributed by atoms with E-state index < -0.39 is 6.10 Å². The van der Waals surface area contributed by atoms with Crippen molar-refractivity contribution in [3.63, 3.8) is 0 Å². The Bertz CT molecular complexity index is 891. The van der Waals surface area contributed by atoms with Crippen molar-refractivity contribution in [2.45, 2.75) is 31.5 Å². The summed E-state index contributed by atoms with van der Waals surface area (Å²) in [6.45, 7) is 5.67. The summed E-state index contributed by atoms with van der Waals surface area (Å²) in [4.78, 5) is 2.34. The van der Waals surface area contributed by atoms with Crippen LogP contribution < -0.4 is 10.1 Å². The molecule has 5 nitrogen and oxygen atoms in total. The van der Waals surface area contributed by atoms with E-state index in [1.807, 2.05) is 12.1 Å². The molecule has 32 heavy (non-hydrogen) atoms. The van der Waals surface area contributed by atoms with E-state index >= 15 is 0 Å². The molecule has 0 bridgehead atoms. The topological polar surface area (TPSA) is 65.0 Å². The lowest BCUT2D eigenvalue weighted by atomic mass is 9.95. The van der Waals surface area contributed by atoms with Gasteiger partial charge in [0.05, 0.1) is 6.04 Å². The van der Waals surface area contributed by atoms with Gasteiger partial charge in [-0.2, -0.15) is 0 Å². The highest BCUT2D eigenvalue weighted by atomic mass is 16.5. The number of hydrogen-bond acceptors (Lipinski definition) is 5. The van der Waals surface area contributed by atoms with Crippen LogP contribution in [0.3, 0.4) is 0 Å². The largest absolute Gasteiger partial charge is 0.508 e. The normalized spacial score (nSPS) is 12.8. The van der Waals surface area contributed by atoms with Crippen LogP contribution in [0.4, 0.5) is 0 Å². The van der Waals surface area contributed by atoms with Gasteiger partial charge in [-0.15, -0.1) is 0 Å². The lowest BCUT2D eigenvalue weighted by Gasteiger charge is -2.37. The SMILES string of the molecule is CN(CC(C)(C)NCC(O)COc1ccc(O)cc1)C(c1ccccc1)c1ccccc1. The molecule has 0 radical (unpaired) electrons. The lowest BCUT2D eigenvalue weighted by Crippen LogP contribution is -2.51. The van der Waals surface area contributed by atoms with E-state index in [9.17, 15) is 10.2 Å². The molecule has 0 aliphatic heterocycles. The summed E-state index contributed by atoms with van der Waals surface area (Å²) in [6, 6.07) is 27.7. The van der Waals surface area contributed by atoms with Gasteiger partial charge in [0.25, 0.3) is 0 Å². The summed E-state index contributed by atoms with van der Waals surface area (Å²) >= 11 is 0. The van der Waals surface area contributed by atoms with E-state index in [4.69, 9.17) is 4.74 Å². The van der Waals surface area contributed by atoms with Crippen molar-refractivity contribution in [3.05, 3.63) is 96.1 Å². The van der Waals surface area contributed by atoms with Gasteiger partial charge in [-0.3, -0.25) is 4.90 Å². The molecule has 3 aromatic carbocycles. The summed E-state index contributed by atoms with van der Waals surface area (Å²) in [5.74, 6) is 0.809. The second-order valence-corrected chi connectivity index (χ2v) is 8.86. The van der Waals surface area contributed by atoms with Gasteiger partial charge in [0.2, 0.25) is 0 Å². The highest BCUT2D eigenvalue weighted by Crippen LogP contribution is 2.28. The molecule has 3 aromatic rings. The van der Waals surface area contributed by atoms with Crippen LogP contribution in [0, 0.1) is 0 Å². The first-order chi connectivity index (χ1) is 15.3. The van der Waals surface area contributed by atoms with Gasteiger partial charge in [0, 0.05) is 18.6 Å². The first-order valence-corrected chi connectivity index (χ1v) is 11.0. The number of nitrogens with one attached hydrogen (secondary N) is 1. The predicted molar refractivity (Wildman–Crippen MR) is 129 cm³/mol. The third kappa shape index (κ3) is 7.09. The van der Waals surface area contributed by atoms with Crippen LogP contribution in [0.2, 0.25) is 0 Å². The summed E-state index contributed by atoms with van der Waals surface area (Å²) in [7, 11) is 2.14. The second-order valence-electron chi connectivity index (χ2n) is 8.86. The molecule has 1 atom stereocenters. The Hall–Kier alpha value is -2.86. The highest BCUT2D eigenvalue weighted by molar-refractivity contribution is 5.32. The van der Waals surface area contributed by atoms with Gasteiger partial charge < -0.3 is 20.3 Å². The molecule has 3 N–H and O–H groups in total. The lowest BCUT2D eigenvalue weighted by molar-refractivity contribution is 0.0935. The zero-order valence-electron chi connectivity index (χ0n) is 19.1. The molecular formula is C27H34N2O3. The van der Waals surface area contributed by atoms with Crippen molar-refractivity contribution in [3.8, 4) is 11.5 Å². The highest BCUT2D eigenvalue weighted by Gasteiger charge is 2.26. The molecule has 0 amide bonds. The van der Waals surface area contributed by atoms with Crippen LogP contribution in [0.15, 0.2) is 84.9 Å². The van der Waals surface area contributed by atoms with Crippen molar-refractivity contribution in [1.82, 2.24) is 10.2 Å². The quantitative estimate of drug-likeness (QED) is 0.422. The molecule has 0 aromatic heterocycles. The van der Waals surface area contributed by atoms with Gasteiger partial charge in [-0.1, -0.05) is 60.7 Å². The molecule has 0 aliphatic carbocycles. The molecule has 1 unspecified atom stereocenters. The fourth-order valence-corrected chi connectivity index (χ4v) is 3.93. The fraction of sp³-hybridized carbons (Fsp3) is 0.333. The van der Waals surface area contributed by atoms with Crippen LogP contribution in [0.25, 0.3) is 0 Å². The molecule has 5 heteroatoms. The van der Waals surface area contributed by atoms with Crippen LogP contribution >= 0.6 is 0 Å². The Morgan fingerprint density at radius 3 is 1.94 bits per heavy atom. The maximum absolute atomic E-state index is 10.4. The molecule has 0 heterocycles. The number of rotatable bonds is 11. The minimum atomic E-state index is -0.646. The molecular weight excluding hydrogens is 400 g/mol. The van der Waals surface area contributed by atoms with Crippen LogP contribution in [0.5, 0.6) is 11.5 Å². The predicted octanol–water partition coefficient (Wildman–Crippen LogP) is 4.22. The molecule has 0 spiro atoms. The van der Waals surface area contributed by atoms with E-state index in [-0.39, 0.29) is 23.9 Å². The number of phenolic OH excluding ortho intramolecular Hbond substituents is 1. The third-order valence-electron chi connectivity index (χ3n) is 5.41. The fourth-order valence-electron chi connectivity index (χ4n) is 3.93. The van der Waals surface area contributed by atoms with E-state index in [0.29, 0.717) is 12.3 Å². The Morgan fingerprint density at radius 1 is 0.875 bits per heavy atom. The standard InChI is InChI=1S/C27H34N2O3/c1-27(2,28-18-24(31)19-32-25-16-14-23(30)15-17-25)20-29(3)26(21-10-6-4-7-11-21)22-12-8-5-9-13-22/h4-17,24,26,28,30-31H,18-20H2,1-3H3. The molecule has 170 valence electrons. The van der Waals surface area contributed by atoms with Crippen LogP contribution in [-0.2, 0) is 0 Å². The molecule has 0 fully saturated rings. The van der Waals surface area contributed by atoms with Crippen molar-refractivity contribution >= 4 is 0 Å². The van der Waals surface area contributed by atoms with Gasteiger partial charge in [0.1, 0.15) is 24.2 Å². The zero-order chi connectivity index (χ0) is 23.0. The van der Waals surface area contributed by atoms with E-state index in [0.717, 1.165) is 6.54 Å². The second kappa shape index (κ2) is 11.1. The Labute approximate surface area is 191 Å². The van der Waals surface area contributed by atoms with Crippen molar-refractivity contribution in [1.29, 1.82) is 0 Å². The Balaban J connectivity index is 1.57. The van der Waals surface area contributed by atoms with Gasteiger partial charge in [-0.25, -0.2) is 0 Å². The first-order valence-electron chi connectivity index (χ1n) is 11.0. The monoisotopic (exact) mass is 434 g/mol. The number of aromatic hydroxyl groups is 1. The number of aliphatic hydroxyl groups excluding tert-OH is 1. The van der Waals surface area contributed by atoms with Crippen molar-refractivity contribution in [2.24, 2.45) is 0 Å². The number of aliphatic hydroxyl groups is 1. The minimum Gasteiger partial charge on any atom is -0.508 e. The third-order valence-corrected chi connectivity index (χ3v) is 5.41. The van der Waals surface area contributed by atoms with Gasteiger partial charge in [-0.05, 0) is 56.3 Å². The van der Waals surface area contributed by atoms with E-state index in [1.165, 1.54) is 11.1 Å². The zero-order valence-corrected chi connectivity index (χ0v) is 19.1. The van der Waals surface area contributed by atoms with Gasteiger partial charge >= 0.3 is 0 Å². The number of β-amino-alcohol motifs (C(OH)–C–C–N with tert-alkyl or cyclic N) is 1. The number of benzene rings is 3. The molecule has 0 saturated heterocycles. The van der Waals surface area contributed by atoms with Crippen molar-refractivity contribution < 1.29 is 14.9 Å². The average molecular weight is 435 g/mol. The summed E-state index contributed by atoms with van der Waals surface area (Å²) < 4.78 is 5.61. The average Bonchev–Trinajstić information content (AvgIpc) is 2.79. The number of nitrogens with zero attached hydrogens (tertiary/aromatic N) is 1. The number of ether oxygens (including phenoxy) is 1. The van der Waals surface area contributed by atoms with E-state index in [1.54, 1.807) is 24.3 Å². The Morgan fingerprint density at radius 2 is 1.41 bits per heavy atom. The van der Waals surface area contributed by atoms with Crippen LogP contribution in [0.1, 0.15) is 31.0 Å². The summed E-state index contributed by atoms with van der Waals surface area (Å²) in [5.41, 5.74) is 2.27. The van der Waals surface area contributed by atoms with Gasteiger partial charge in [0.15, 0.2) is 0 Å². The number of phenols is 1. The maximum Gasteiger partial charge on any atom is 0.119 e. The van der Waals surface area contributed by atoms with E-state index in [2.05, 4.69) is 79.6 Å². The summed E-state index contributed by atoms with van der Waals surface area (Å²) in [5, 5.41) is 23.2. The van der Waals surface area contributed by atoms with Crippen LogP contribution in [-0.4, -0.2) is 53.5 Å². The molecule has 0 saturated carbocycles. The molecule has 3 rings (SSSR count). The number of hydrogen-bond donors (Lipinski definition) is 3. The maximum atomic E-state index is 10.4. The minimum absolute atomic E-state index is 0.140. The Kier molecular flexibility index (Phi) is 8.28. The smallest absolute Gasteiger partial charge is 0.119 e. The number of likely N-dealkylation sites (N-methyl/N-ethyl adjacent to an activating group) is 1. The first kappa shape index (κ1) is 23.8. The summed E-state index contributed by atoms with van der Waals surface area (Å²) in [6.07, 6.45) is -0.646. The van der Waals surface area contributed by atoms with Crippen molar-refractivity contribution in [2.75, 3.05) is 26.7 Å².